The molecule has 0 bridgehead atoms. The fourth-order valence-corrected chi connectivity index (χ4v) is 3.18. The van der Waals surface area contributed by atoms with E-state index in [0.717, 1.165) is 6.20 Å². The highest BCUT2D eigenvalue weighted by molar-refractivity contribution is 6.30. The first-order chi connectivity index (χ1) is 13.7. The van der Waals surface area contributed by atoms with Gasteiger partial charge in [-0.25, -0.2) is 0 Å². The van der Waals surface area contributed by atoms with Gasteiger partial charge in [0.1, 0.15) is 12.2 Å². The van der Waals surface area contributed by atoms with Crippen LogP contribution in [0.15, 0.2) is 36.5 Å². The molecular weight excluding hydrogens is 413 g/mol. The van der Waals surface area contributed by atoms with E-state index in [2.05, 4.69) is 10.3 Å². The number of carbonyl (C=O) groups is 2. The van der Waals surface area contributed by atoms with Gasteiger partial charge in [0.15, 0.2) is 5.69 Å². The van der Waals surface area contributed by atoms with Gasteiger partial charge in [-0.15, -0.1) is 0 Å². The summed E-state index contributed by atoms with van der Waals surface area (Å²) in [7, 11) is 0. The third-order valence-electron chi connectivity index (χ3n) is 4.19. The summed E-state index contributed by atoms with van der Waals surface area (Å²) < 4.78 is 51.2. The number of aromatic nitrogens is 1. The molecule has 10 heteroatoms. The number of nitrogens with zero attached hydrogens (tertiary/aromatic N) is 1. The number of benzene rings is 1. The van der Waals surface area contributed by atoms with Gasteiger partial charge in [-0.2, -0.15) is 13.2 Å². The lowest BCUT2D eigenvalue weighted by Gasteiger charge is -2.23. The number of anilines is 1. The molecule has 1 amide bonds. The summed E-state index contributed by atoms with van der Waals surface area (Å²) in [5.41, 5.74) is -1.00. The molecule has 1 aliphatic heterocycles. The number of nitrogens with one attached hydrogen (secondary N) is 1. The van der Waals surface area contributed by atoms with Gasteiger partial charge >= 0.3 is 12.1 Å². The largest absolute Gasteiger partial charge is 0.466 e. The molecule has 0 saturated carbocycles. The summed E-state index contributed by atoms with van der Waals surface area (Å²) in [6, 6.07) is 6.89. The van der Waals surface area contributed by atoms with E-state index >= 15 is 0 Å². The molecule has 2 aromatic rings. The molecule has 0 aliphatic carbocycles. The van der Waals surface area contributed by atoms with Crippen LogP contribution in [0.5, 0.6) is 0 Å². The fourth-order valence-electron chi connectivity index (χ4n) is 3.00. The smallest absolute Gasteiger partial charge is 0.433 e. The third kappa shape index (κ3) is 4.68. The molecule has 1 N–H and O–H groups in total. The summed E-state index contributed by atoms with van der Waals surface area (Å²) >= 11 is 6.03. The van der Waals surface area contributed by atoms with E-state index in [1.54, 1.807) is 6.92 Å². The van der Waals surface area contributed by atoms with Crippen molar-refractivity contribution in [3.05, 3.63) is 58.4 Å². The molecule has 2 unspecified atom stereocenters. The van der Waals surface area contributed by atoms with Crippen molar-refractivity contribution in [2.45, 2.75) is 31.7 Å². The molecule has 29 heavy (non-hydrogen) atoms. The Labute approximate surface area is 169 Å². The van der Waals surface area contributed by atoms with Crippen molar-refractivity contribution in [3.63, 3.8) is 0 Å². The van der Waals surface area contributed by atoms with Crippen LogP contribution < -0.4 is 5.32 Å². The molecule has 2 heterocycles. The highest BCUT2D eigenvalue weighted by Crippen LogP contribution is 2.41. The minimum Gasteiger partial charge on any atom is -0.466 e. The summed E-state index contributed by atoms with van der Waals surface area (Å²) in [6.45, 7) is 1.69. The second-order valence-electron chi connectivity index (χ2n) is 6.17. The summed E-state index contributed by atoms with van der Waals surface area (Å²) in [5, 5.41) is 2.82. The molecule has 0 fully saturated rings. The van der Waals surface area contributed by atoms with Crippen LogP contribution in [0.4, 0.5) is 18.9 Å². The Bertz CT molecular complexity index is 936. The molecule has 6 nitrogen and oxygen atoms in total. The monoisotopic (exact) mass is 428 g/mol. The topological polar surface area (TPSA) is 77.5 Å². The van der Waals surface area contributed by atoms with Crippen LogP contribution in [0.25, 0.3) is 0 Å². The first kappa shape index (κ1) is 21.1. The zero-order chi connectivity index (χ0) is 21.2. The Balaban J connectivity index is 2.11. The van der Waals surface area contributed by atoms with Crippen LogP contribution in [0.2, 0.25) is 5.02 Å². The second-order valence-corrected chi connectivity index (χ2v) is 6.61. The average molecular weight is 429 g/mol. The number of esters is 1. The van der Waals surface area contributed by atoms with Crippen molar-refractivity contribution in [2.24, 2.45) is 0 Å². The number of rotatable bonds is 4. The minimum atomic E-state index is -4.75. The maximum atomic E-state index is 13.5. The van der Waals surface area contributed by atoms with Crippen molar-refractivity contribution in [1.82, 2.24) is 4.98 Å². The normalized spacial score (nSPS) is 19.1. The predicted molar refractivity (Wildman–Crippen MR) is 97.3 cm³/mol. The van der Waals surface area contributed by atoms with E-state index in [0.29, 0.717) is 0 Å². The van der Waals surface area contributed by atoms with Gasteiger partial charge < -0.3 is 14.8 Å². The lowest BCUT2D eigenvalue weighted by molar-refractivity contribution is -0.152. The summed E-state index contributed by atoms with van der Waals surface area (Å²) in [6.07, 6.45) is -6.90. The van der Waals surface area contributed by atoms with Crippen LogP contribution in [0.3, 0.4) is 0 Å². The predicted octanol–water partition coefficient (Wildman–Crippen LogP) is 4.13. The number of hydrogen-bond acceptors (Lipinski definition) is 5. The van der Waals surface area contributed by atoms with Crippen LogP contribution in [-0.2, 0) is 25.2 Å². The second kappa shape index (κ2) is 8.38. The zero-order valence-corrected chi connectivity index (χ0v) is 15.9. The number of alkyl halides is 3. The molecule has 154 valence electrons. The van der Waals surface area contributed by atoms with E-state index < -0.39 is 42.4 Å². The molecular formula is C19H16ClF3N2O4. The van der Waals surface area contributed by atoms with Crippen LogP contribution in [0, 0.1) is 0 Å². The third-order valence-corrected chi connectivity index (χ3v) is 4.43. The van der Waals surface area contributed by atoms with Crippen molar-refractivity contribution in [1.29, 1.82) is 0 Å². The van der Waals surface area contributed by atoms with E-state index in [4.69, 9.17) is 21.1 Å². The number of pyridine rings is 1. The maximum absolute atomic E-state index is 13.5. The molecule has 1 aromatic heterocycles. The van der Waals surface area contributed by atoms with Gasteiger partial charge in [-0.1, -0.05) is 17.7 Å². The highest BCUT2D eigenvalue weighted by Gasteiger charge is 2.41. The maximum Gasteiger partial charge on any atom is 0.433 e. The van der Waals surface area contributed by atoms with Crippen molar-refractivity contribution in [2.75, 3.05) is 11.9 Å². The fraction of sp³-hybridized carbons (Fsp3) is 0.316. The average Bonchev–Trinajstić information content (AvgIpc) is 2.78. The van der Waals surface area contributed by atoms with Crippen LogP contribution in [-0.4, -0.2) is 29.6 Å². The van der Waals surface area contributed by atoms with Crippen molar-refractivity contribution < 1.29 is 32.2 Å². The van der Waals surface area contributed by atoms with E-state index in [-0.39, 0.29) is 28.4 Å². The van der Waals surface area contributed by atoms with Crippen LogP contribution in [0.1, 0.15) is 36.3 Å². The van der Waals surface area contributed by atoms with E-state index in [1.165, 1.54) is 30.3 Å². The minimum absolute atomic E-state index is 0.0905. The molecule has 1 aromatic carbocycles. The molecule has 0 radical (unpaired) electrons. The van der Waals surface area contributed by atoms with E-state index in [1.807, 2.05) is 0 Å². The number of carbonyl (C=O) groups excluding carboxylic acids is 2. The zero-order valence-electron chi connectivity index (χ0n) is 15.1. The molecule has 0 saturated heterocycles. The van der Waals surface area contributed by atoms with Crippen molar-refractivity contribution >= 4 is 29.2 Å². The Hall–Kier alpha value is -2.65. The lowest BCUT2D eigenvalue weighted by atomic mass is 9.98. The first-order valence-electron chi connectivity index (χ1n) is 8.64. The number of fused-ring (bicyclic) bond motifs is 1. The molecule has 0 spiro atoms. The number of hydrogen-bond donors (Lipinski definition) is 1. The number of amides is 1. The Morgan fingerprint density at radius 3 is 2.76 bits per heavy atom. The molecule has 1 aliphatic rings. The first-order valence-corrected chi connectivity index (χ1v) is 9.02. The Morgan fingerprint density at radius 2 is 2.07 bits per heavy atom. The number of halogens is 4. The van der Waals surface area contributed by atoms with Gasteiger partial charge in [0.25, 0.3) is 5.91 Å². The summed E-state index contributed by atoms with van der Waals surface area (Å²) in [4.78, 5) is 27.9. The van der Waals surface area contributed by atoms with Crippen LogP contribution >= 0.6 is 11.6 Å². The molecule has 2 atom stereocenters. The lowest BCUT2D eigenvalue weighted by Crippen LogP contribution is -2.32. The van der Waals surface area contributed by atoms with Gasteiger partial charge in [-0.3, -0.25) is 14.6 Å². The van der Waals surface area contributed by atoms with Gasteiger partial charge in [0.05, 0.1) is 13.0 Å². The Kier molecular flexibility index (Phi) is 6.09. The highest BCUT2D eigenvalue weighted by atomic mass is 35.5. The van der Waals surface area contributed by atoms with Gasteiger partial charge in [0.2, 0.25) is 0 Å². The van der Waals surface area contributed by atoms with E-state index in [9.17, 15) is 22.8 Å². The summed E-state index contributed by atoms with van der Waals surface area (Å²) in [5.74, 6) is -1.39. The van der Waals surface area contributed by atoms with Gasteiger partial charge in [-0.05, 0) is 31.2 Å². The number of ether oxygens (including phenoxy) is 2. The Morgan fingerprint density at radius 1 is 1.31 bits per heavy atom. The SMILES string of the molecule is CCOC(=O)CC1OC(c2cccnc2C(F)(F)F)c2cc(Cl)ccc2NC1=O. The standard InChI is InChI=1S/C19H16ClF3N2O4/c1-2-28-15(26)9-14-18(27)25-13-6-5-10(20)8-12(13)16(29-14)11-4-3-7-24-17(11)19(21,22)23/h3-8,14,16H,2,9H2,1H3,(H,25,27). The van der Waals surface area contributed by atoms with Gasteiger partial charge in [0, 0.05) is 28.0 Å². The quantitative estimate of drug-likeness (QED) is 0.741. The van der Waals surface area contributed by atoms with Crippen molar-refractivity contribution in [3.8, 4) is 0 Å². The molecule has 3 rings (SSSR count).